The van der Waals surface area contributed by atoms with Crippen molar-refractivity contribution in [2.24, 2.45) is 11.7 Å². The number of nitrogens with two attached hydrogens (primary N) is 1. The summed E-state index contributed by atoms with van der Waals surface area (Å²) < 4.78 is 1.11. The molecule has 0 fully saturated rings. The third-order valence-corrected chi connectivity index (χ3v) is 3.19. The van der Waals surface area contributed by atoms with Crippen molar-refractivity contribution in [3.63, 3.8) is 0 Å². The Morgan fingerprint density at radius 3 is 2.44 bits per heavy atom. The lowest BCUT2D eigenvalue weighted by atomic mass is 9.95. The first-order valence-electron chi connectivity index (χ1n) is 5.52. The van der Waals surface area contributed by atoms with E-state index in [4.69, 9.17) is 5.73 Å². The van der Waals surface area contributed by atoms with E-state index in [2.05, 4.69) is 54.9 Å². The number of halogens is 2. The molecule has 0 bridgehead atoms. The molecule has 92 valence electrons. The van der Waals surface area contributed by atoms with Crippen molar-refractivity contribution in [2.45, 2.75) is 39.7 Å². The molecule has 1 nitrogen and oxygen atoms in total. The summed E-state index contributed by atoms with van der Waals surface area (Å²) in [6.07, 6.45) is 2.25. The monoisotopic (exact) mass is 305 g/mol. The van der Waals surface area contributed by atoms with E-state index in [0.29, 0.717) is 0 Å². The van der Waals surface area contributed by atoms with Crippen LogP contribution in [-0.4, -0.2) is 0 Å². The Morgan fingerprint density at radius 2 is 1.88 bits per heavy atom. The number of aryl methyl sites for hydroxylation is 1. The largest absolute Gasteiger partial charge is 0.324 e. The summed E-state index contributed by atoms with van der Waals surface area (Å²) in [5.41, 5.74) is 8.75. The van der Waals surface area contributed by atoms with E-state index in [9.17, 15) is 0 Å². The summed E-state index contributed by atoms with van der Waals surface area (Å²) in [7, 11) is 0. The van der Waals surface area contributed by atoms with Gasteiger partial charge < -0.3 is 5.73 Å². The third kappa shape index (κ3) is 4.86. The molecule has 16 heavy (non-hydrogen) atoms. The molecule has 0 amide bonds. The van der Waals surface area contributed by atoms with Crippen molar-refractivity contribution >= 4 is 28.3 Å². The second-order valence-electron chi connectivity index (χ2n) is 4.58. The van der Waals surface area contributed by atoms with Crippen LogP contribution in [0.1, 0.15) is 43.9 Å². The van der Waals surface area contributed by atoms with Gasteiger partial charge in [0.05, 0.1) is 0 Å². The first-order valence-corrected chi connectivity index (χ1v) is 6.31. The second kappa shape index (κ2) is 7.31. The zero-order valence-corrected chi connectivity index (χ0v) is 12.6. The van der Waals surface area contributed by atoms with Crippen molar-refractivity contribution in [3.05, 3.63) is 33.8 Å². The minimum atomic E-state index is 0. The van der Waals surface area contributed by atoms with Crippen molar-refractivity contribution in [3.8, 4) is 0 Å². The Labute approximate surface area is 113 Å². The van der Waals surface area contributed by atoms with Gasteiger partial charge in [-0.1, -0.05) is 35.8 Å². The Hall–Kier alpha value is -0.0500. The van der Waals surface area contributed by atoms with Crippen LogP contribution in [0.2, 0.25) is 0 Å². The van der Waals surface area contributed by atoms with Crippen LogP contribution < -0.4 is 5.73 Å². The van der Waals surface area contributed by atoms with Gasteiger partial charge in [-0.15, -0.1) is 12.4 Å². The average Bonchev–Trinajstić information content (AvgIpc) is 2.18. The molecule has 0 heterocycles. The van der Waals surface area contributed by atoms with Crippen LogP contribution in [0.4, 0.5) is 0 Å². The number of rotatable bonds is 4. The van der Waals surface area contributed by atoms with E-state index < -0.39 is 0 Å². The van der Waals surface area contributed by atoms with Crippen molar-refractivity contribution in [1.82, 2.24) is 0 Å². The van der Waals surface area contributed by atoms with Crippen LogP contribution >= 0.6 is 28.3 Å². The molecule has 1 aromatic carbocycles. The van der Waals surface area contributed by atoms with Crippen LogP contribution in [0.25, 0.3) is 0 Å². The molecule has 0 aliphatic rings. The van der Waals surface area contributed by atoms with Crippen LogP contribution in [0.3, 0.4) is 0 Å². The fraction of sp³-hybridized carbons (Fsp3) is 0.538. The maximum absolute atomic E-state index is 6.19. The summed E-state index contributed by atoms with van der Waals surface area (Å²) in [4.78, 5) is 0. The minimum absolute atomic E-state index is 0. The zero-order valence-electron chi connectivity index (χ0n) is 10.2. The quantitative estimate of drug-likeness (QED) is 0.863. The number of hydrogen-bond acceptors (Lipinski definition) is 1. The van der Waals surface area contributed by atoms with Gasteiger partial charge in [0, 0.05) is 10.5 Å². The van der Waals surface area contributed by atoms with Crippen molar-refractivity contribution in [2.75, 3.05) is 0 Å². The second-order valence-corrected chi connectivity index (χ2v) is 5.49. The smallest absolute Gasteiger partial charge is 0.0297 e. The van der Waals surface area contributed by atoms with E-state index >= 15 is 0 Å². The lowest BCUT2D eigenvalue weighted by Gasteiger charge is -2.16. The van der Waals surface area contributed by atoms with Crippen molar-refractivity contribution in [1.29, 1.82) is 0 Å². The summed E-state index contributed by atoms with van der Waals surface area (Å²) >= 11 is 3.49. The Balaban J connectivity index is 0.00000225. The SMILES string of the molecule is Cc1ccc(Br)cc1[C@@H](N)CCC(C)C.Cl. The molecular weight excluding hydrogens is 286 g/mol. The molecular formula is C13H21BrClN. The molecule has 0 saturated heterocycles. The molecule has 1 atom stereocenters. The molecule has 1 rings (SSSR count). The van der Waals surface area contributed by atoms with E-state index in [0.717, 1.165) is 16.8 Å². The van der Waals surface area contributed by atoms with E-state index in [1.807, 2.05) is 0 Å². The fourth-order valence-corrected chi connectivity index (χ4v) is 2.06. The first-order chi connectivity index (χ1) is 7.00. The maximum atomic E-state index is 6.19. The number of hydrogen-bond donors (Lipinski definition) is 1. The van der Waals surface area contributed by atoms with E-state index in [1.54, 1.807) is 0 Å². The summed E-state index contributed by atoms with van der Waals surface area (Å²) in [6, 6.07) is 6.49. The molecule has 0 unspecified atom stereocenters. The third-order valence-electron chi connectivity index (χ3n) is 2.70. The van der Waals surface area contributed by atoms with Crippen LogP contribution in [0.5, 0.6) is 0 Å². The number of benzene rings is 1. The summed E-state index contributed by atoms with van der Waals surface area (Å²) in [6.45, 7) is 6.60. The minimum Gasteiger partial charge on any atom is -0.324 e. The van der Waals surface area contributed by atoms with Gasteiger partial charge in [0.15, 0.2) is 0 Å². The Morgan fingerprint density at radius 1 is 1.25 bits per heavy atom. The Kier molecular flexibility index (Phi) is 7.29. The lowest BCUT2D eigenvalue weighted by Crippen LogP contribution is -2.12. The molecule has 0 aliphatic carbocycles. The highest BCUT2D eigenvalue weighted by Gasteiger charge is 2.09. The van der Waals surface area contributed by atoms with Gasteiger partial charge in [0.2, 0.25) is 0 Å². The topological polar surface area (TPSA) is 26.0 Å². The molecule has 0 spiro atoms. The van der Waals surface area contributed by atoms with Gasteiger partial charge in [-0.2, -0.15) is 0 Å². The Bertz CT molecular complexity index is 326. The standard InChI is InChI=1S/C13H20BrN.ClH/c1-9(2)4-7-13(15)12-8-11(14)6-5-10(12)3;/h5-6,8-9,13H,4,7,15H2,1-3H3;1H/t13-;/m0./s1. The maximum Gasteiger partial charge on any atom is 0.0297 e. The van der Waals surface area contributed by atoms with Gasteiger partial charge in [0.1, 0.15) is 0 Å². The average molecular weight is 307 g/mol. The normalized spacial score (nSPS) is 12.4. The molecule has 2 N–H and O–H groups in total. The predicted molar refractivity (Wildman–Crippen MR) is 77.1 cm³/mol. The van der Waals surface area contributed by atoms with Crippen LogP contribution in [-0.2, 0) is 0 Å². The van der Waals surface area contributed by atoms with Gasteiger partial charge in [-0.3, -0.25) is 0 Å². The van der Waals surface area contributed by atoms with Gasteiger partial charge in [-0.05, 0) is 48.9 Å². The lowest BCUT2D eigenvalue weighted by molar-refractivity contribution is 0.506. The fourth-order valence-electron chi connectivity index (χ4n) is 1.68. The van der Waals surface area contributed by atoms with Gasteiger partial charge >= 0.3 is 0 Å². The van der Waals surface area contributed by atoms with E-state index in [-0.39, 0.29) is 18.4 Å². The summed E-state index contributed by atoms with van der Waals surface area (Å²) in [5.74, 6) is 0.725. The highest BCUT2D eigenvalue weighted by atomic mass is 79.9. The molecule has 0 radical (unpaired) electrons. The van der Waals surface area contributed by atoms with Gasteiger partial charge in [0.25, 0.3) is 0 Å². The summed E-state index contributed by atoms with van der Waals surface area (Å²) in [5, 5.41) is 0. The van der Waals surface area contributed by atoms with E-state index in [1.165, 1.54) is 17.5 Å². The predicted octanol–water partition coefficient (Wildman–Crippen LogP) is 4.62. The highest BCUT2D eigenvalue weighted by molar-refractivity contribution is 9.10. The molecule has 0 aliphatic heterocycles. The first kappa shape index (κ1) is 16.0. The molecule has 1 aromatic rings. The zero-order chi connectivity index (χ0) is 11.4. The van der Waals surface area contributed by atoms with Crippen LogP contribution in [0, 0.1) is 12.8 Å². The highest BCUT2D eigenvalue weighted by Crippen LogP contribution is 2.24. The van der Waals surface area contributed by atoms with Crippen molar-refractivity contribution < 1.29 is 0 Å². The molecule has 3 heteroatoms. The molecule has 0 aromatic heterocycles. The molecule has 0 saturated carbocycles. The van der Waals surface area contributed by atoms with Gasteiger partial charge in [-0.25, -0.2) is 0 Å². The van der Waals surface area contributed by atoms with Crippen LogP contribution in [0.15, 0.2) is 22.7 Å².